The number of aromatic carboxylic acids is 1. The summed E-state index contributed by atoms with van der Waals surface area (Å²) in [4.78, 5) is 12.0. The molecule has 30 heavy (non-hydrogen) atoms. The maximum Gasteiger partial charge on any atom is 0.337 e. The Hall–Kier alpha value is -2.83. The van der Waals surface area contributed by atoms with Crippen LogP contribution in [0.4, 0.5) is 4.39 Å². The summed E-state index contributed by atoms with van der Waals surface area (Å²) in [6, 6.07) is 11.9. The van der Waals surface area contributed by atoms with Gasteiger partial charge in [0.1, 0.15) is 11.6 Å². The summed E-state index contributed by atoms with van der Waals surface area (Å²) in [5.41, 5.74) is 4.17. The smallest absolute Gasteiger partial charge is 0.337 e. The molecule has 2 aromatic carbocycles. The van der Waals surface area contributed by atoms with E-state index in [2.05, 4.69) is 5.32 Å². The van der Waals surface area contributed by atoms with E-state index < -0.39 is 11.8 Å². The molecule has 3 aromatic rings. The van der Waals surface area contributed by atoms with E-state index in [1.807, 2.05) is 35.8 Å². The van der Waals surface area contributed by atoms with Crippen LogP contribution in [0.15, 0.2) is 42.5 Å². The van der Waals surface area contributed by atoms with Gasteiger partial charge in [0.25, 0.3) is 0 Å². The van der Waals surface area contributed by atoms with Crippen molar-refractivity contribution in [3.8, 4) is 5.75 Å². The average molecular weight is 431 g/mol. The molecule has 0 saturated heterocycles. The van der Waals surface area contributed by atoms with E-state index in [4.69, 9.17) is 16.3 Å². The van der Waals surface area contributed by atoms with Gasteiger partial charge in [-0.2, -0.15) is 0 Å². The Morgan fingerprint density at radius 1 is 1.13 bits per heavy atom. The molecule has 158 valence electrons. The van der Waals surface area contributed by atoms with Gasteiger partial charge < -0.3 is 19.7 Å². The Kier molecular flexibility index (Phi) is 6.80. The van der Waals surface area contributed by atoms with Gasteiger partial charge in [-0.05, 0) is 37.6 Å². The summed E-state index contributed by atoms with van der Waals surface area (Å²) in [6.45, 7) is 4.95. The van der Waals surface area contributed by atoms with Gasteiger partial charge in [0.05, 0.1) is 12.7 Å². The number of rotatable bonds is 8. The third-order valence-electron chi connectivity index (χ3n) is 5.28. The highest BCUT2D eigenvalue weighted by atomic mass is 35.5. The van der Waals surface area contributed by atoms with Gasteiger partial charge >= 0.3 is 5.97 Å². The van der Waals surface area contributed by atoms with E-state index >= 15 is 0 Å². The van der Waals surface area contributed by atoms with Crippen molar-refractivity contribution in [2.24, 2.45) is 0 Å². The fourth-order valence-corrected chi connectivity index (χ4v) is 3.90. The van der Waals surface area contributed by atoms with Crippen LogP contribution in [-0.4, -0.2) is 22.8 Å². The van der Waals surface area contributed by atoms with Crippen molar-refractivity contribution in [2.75, 3.05) is 7.11 Å². The molecule has 0 fully saturated rings. The van der Waals surface area contributed by atoms with Crippen molar-refractivity contribution in [3.05, 3.63) is 86.9 Å². The zero-order valence-corrected chi connectivity index (χ0v) is 17.9. The molecular formula is C23H24ClFN2O3. The summed E-state index contributed by atoms with van der Waals surface area (Å²) < 4.78 is 20.6. The van der Waals surface area contributed by atoms with Gasteiger partial charge in [0.15, 0.2) is 0 Å². The molecule has 0 aliphatic heterocycles. The second kappa shape index (κ2) is 9.32. The number of hydrogen-bond acceptors (Lipinski definition) is 3. The van der Waals surface area contributed by atoms with Crippen LogP contribution in [0.5, 0.6) is 5.75 Å². The van der Waals surface area contributed by atoms with E-state index in [9.17, 15) is 14.3 Å². The second-order valence-electron chi connectivity index (χ2n) is 7.07. The predicted octanol–water partition coefficient (Wildman–Crippen LogP) is 4.94. The molecule has 2 N–H and O–H groups in total. The van der Waals surface area contributed by atoms with Crippen LogP contribution in [0.2, 0.25) is 5.02 Å². The Morgan fingerprint density at radius 2 is 1.87 bits per heavy atom. The van der Waals surface area contributed by atoms with Gasteiger partial charge in [-0.25, -0.2) is 9.18 Å². The highest BCUT2D eigenvalue weighted by Gasteiger charge is 2.23. The third-order valence-corrected chi connectivity index (χ3v) is 5.63. The van der Waals surface area contributed by atoms with Crippen LogP contribution in [0.3, 0.4) is 0 Å². The van der Waals surface area contributed by atoms with Crippen LogP contribution in [-0.2, 0) is 19.6 Å². The number of hydrogen-bond donors (Lipinski definition) is 2. The first kappa shape index (κ1) is 21.9. The van der Waals surface area contributed by atoms with E-state index in [1.165, 1.54) is 12.1 Å². The number of carbonyl (C=O) groups is 1. The molecule has 0 bridgehead atoms. The minimum Gasteiger partial charge on any atom is -0.496 e. The van der Waals surface area contributed by atoms with Crippen LogP contribution < -0.4 is 10.1 Å². The minimum atomic E-state index is -0.978. The standard InChI is InChI=1S/C23H24ClFN2O3/c1-14-19(12-26-11-16-6-4-5-7-21(16)30-3)22(23(28)29)15(2)27(14)13-17-8-9-18(25)10-20(17)24/h4-10,26H,11-13H2,1-3H3,(H,28,29). The summed E-state index contributed by atoms with van der Waals surface area (Å²) in [5, 5.41) is 13.4. The van der Waals surface area contributed by atoms with Crippen molar-refractivity contribution in [2.45, 2.75) is 33.5 Å². The lowest BCUT2D eigenvalue weighted by Crippen LogP contribution is -2.16. The summed E-state index contributed by atoms with van der Waals surface area (Å²) in [6.07, 6.45) is 0. The van der Waals surface area contributed by atoms with Crippen molar-refractivity contribution < 1.29 is 19.0 Å². The lowest BCUT2D eigenvalue weighted by Gasteiger charge is -2.12. The van der Waals surface area contributed by atoms with E-state index in [0.717, 1.165) is 22.6 Å². The normalized spacial score (nSPS) is 11.0. The van der Waals surface area contributed by atoms with Crippen molar-refractivity contribution in [1.29, 1.82) is 0 Å². The Balaban J connectivity index is 1.87. The van der Waals surface area contributed by atoms with E-state index in [-0.39, 0.29) is 5.56 Å². The highest BCUT2D eigenvalue weighted by Crippen LogP contribution is 2.26. The first-order chi connectivity index (χ1) is 14.3. The molecule has 0 radical (unpaired) electrons. The lowest BCUT2D eigenvalue weighted by molar-refractivity contribution is 0.0694. The monoisotopic (exact) mass is 430 g/mol. The lowest BCUT2D eigenvalue weighted by atomic mass is 10.1. The Labute approximate surface area is 180 Å². The second-order valence-corrected chi connectivity index (χ2v) is 7.47. The molecule has 0 spiro atoms. The molecule has 7 heteroatoms. The molecular weight excluding hydrogens is 407 g/mol. The first-order valence-corrected chi connectivity index (χ1v) is 9.89. The summed E-state index contributed by atoms with van der Waals surface area (Å²) >= 11 is 6.18. The molecule has 0 amide bonds. The number of ether oxygens (including phenoxy) is 1. The van der Waals surface area contributed by atoms with Crippen LogP contribution in [0, 0.1) is 19.7 Å². The van der Waals surface area contributed by atoms with Crippen LogP contribution in [0.1, 0.15) is 38.4 Å². The maximum absolute atomic E-state index is 13.4. The number of benzene rings is 2. The number of nitrogens with zero attached hydrogens (tertiary/aromatic N) is 1. The Bertz CT molecular complexity index is 1080. The summed E-state index contributed by atoms with van der Waals surface area (Å²) in [5.74, 6) is -0.606. The fraction of sp³-hybridized carbons (Fsp3) is 0.261. The number of para-hydroxylation sites is 1. The van der Waals surface area contributed by atoms with Crippen molar-refractivity contribution >= 4 is 17.6 Å². The molecule has 0 saturated carbocycles. The molecule has 5 nitrogen and oxygen atoms in total. The van der Waals surface area contributed by atoms with Gasteiger partial charge in [-0.15, -0.1) is 0 Å². The van der Waals surface area contributed by atoms with Gasteiger partial charge in [-0.1, -0.05) is 35.9 Å². The fourth-order valence-electron chi connectivity index (χ4n) is 3.68. The van der Waals surface area contributed by atoms with Gasteiger partial charge in [0.2, 0.25) is 0 Å². The average Bonchev–Trinajstić information content (AvgIpc) is 2.94. The largest absolute Gasteiger partial charge is 0.496 e. The van der Waals surface area contributed by atoms with Gasteiger partial charge in [-0.3, -0.25) is 0 Å². The zero-order valence-electron chi connectivity index (χ0n) is 17.1. The molecule has 1 aromatic heterocycles. The number of aromatic nitrogens is 1. The van der Waals surface area contributed by atoms with Crippen LogP contribution in [0.25, 0.3) is 0 Å². The first-order valence-electron chi connectivity index (χ1n) is 9.51. The number of nitrogens with one attached hydrogen (secondary N) is 1. The predicted molar refractivity (Wildman–Crippen MR) is 115 cm³/mol. The number of carboxylic acid groups (broad SMARTS) is 1. The number of carboxylic acids is 1. The van der Waals surface area contributed by atoms with Crippen molar-refractivity contribution in [1.82, 2.24) is 9.88 Å². The molecule has 0 atom stereocenters. The summed E-state index contributed by atoms with van der Waals surface area (Å²) in [7, 11) is 1.62. The Morgan fingerprint density at radius 3 is 2.53 bits per heavy atom. The zero-order chi connectivity index (χ0) is 21.8. The topological polar surface area (TPSA) is 63.5 Å². The third kappa shape index (κ3) is 4.50. The van der Waals surface area contributed by atoms with Gasteiger partial charge in [0, 0.05) is 47.2 Å². The van der Waals surface area contributed by atoms with E-state index in [0.29, 0.717) is 35.9 Å². The van der Waals surface area contributed by atoms with Crippen LogP contribution >= 0.6 is 11.6 Å². The molecule has 3 rings (SSSR count). The number of methoxy groups -OCH3 is 1. The quantitative estimate of drug-likeness (QED) is 0.531. The SMILES string of the molecule is COc1ccccc1CNCc1c(C(=O)O)c(C)n(Cc2ccc(F)cc2Cl)c1C. The van der Waals surface area contributed by atoms with E-state index in [1.54, 1.807) is 20.1 Å². The molecule has 0 aliphatic rings. The van der Waals surface area contributed by atoms with Crippen molar-refractivity contribution in [3.63, 3.8) is 0 Å². The highest BCUT2D eigenvalue weighted by molar-refractivity contribution is 6.31. The maximum atomic E-state index is 13.4. The molecule has 1 heterocycles. The minimum absolute atomic E-state index is 0.276. The molecule has 0 unspecified atom stereocenters. The number of halogens is 2. The molecule has 0 aliphatic carbocycles.